The molecule has 2 aromatic rings. The number of hydrogen-bond donors (Lipinski definition) is 0. The number of hydroxylamine groups is 2. The van der Waals surface area contributed by atoms with Crippen molar-refractivity contribution >= 4 is 44.3 Å². The Morgan fingerprint density at radius 3 is 2.18 bits per heavy atom. The highest BCUT2D eigenvalue weighted by Crippen LogP contribution is 2.37. The first kappa shape index (κ1) is 19.8. The molecule has 1 heterocycles. The van der Waals surface area contributed by atoms with Gasteiger partial charge in [-0.1, -0.05) is 12.1 Å². The molecule has 1 aliphatic rings. The van der Waals surface area contributed by atoms with Gasteiger partial charge in [0.2, 0.25) is 5.91 Å². The van der Waals surface area contributed by atoms with Gasteiger partial charge in [0.25, 0.3) is 11.8 Å². The van der Waals surface area contributed by atoms with Crippen molar-refractivity contribution in [3.05, 3.63) is 41.5 Å². The highest BCUT2D eigenvalue weighted by atomic mass is 32.2. The molecular formula is C16H11F3N2O6S. The minimum absolute atomic E-state index is 0.0763. The molecule has 28 heavy (non-hydrogen) atoms. The van der Waals surface area contributed by atoms with Crippen LogP contribution in [0.3, 0.4) is 0 Å². The number of benzene rings is 2. The van der Waals surface area contributed by atoms with Gasteiger partial charge in [0.05, 0.1) is 16.8 Å². The van der Waals surface area contributed by atoms with E-state index in [2.05, 4.69) is 4.28 Å². The van der Waals surface area contributed by atoms with Gasteiger partial charge in [-0.25, -0.2) is 0 Å². The first-order valence-corrected chi connectivity index (χ1v) is 8.97. The molecule has 3 rings (SSSR count). The third-order valence-corrected chi connectivity index (χ3v) is 5.05. The zero-order chi connectivity index (χ0) is 21.0. The zero-order valence-corrected chi connectivity index (χ0v) is 15.1. The van der Waals surface area contributed by atoms with Crippen LogP contribution in [-0.4, -0.2) is 43.8 Å². The summed E-state index contributed by atoms with van der Waals surface area (Å²) in [5.74, 6) is -3.09. The van der Waals surface area contributed by atoms with E-state index in [1.165, 1.54) is 49.2 Å². The molecule has 0 atom stereocenters. The highest BCUT2D eigenvalue weighted by molar-refractivity contribution is 7.87. The van der Waals surface area contributed by atoms with Gasteiger partial charge in [-0.05, 0) is 18.2 Å². The SMILES string of the molecule is CC(=O)N(C)c1ccc2c3c(cccc13)C(=O)N(OS(=O)(=O)C(F)(F)F)C2=O. The number of amides is 3. The number of halogens is 3. The molecule has 0 N–H and O–H groups in total. The molecule has 0 unspecified atom stereocenters. The Balaban J connectivity index is 2.19. The van der Waals surface area contributed by atoms with Gasteiger partial charge >= 0.3 is 15.6 Å². The first-order valence-electron chi connectivity index (χ1n) is 7.56. The van der Waals surface area contributed by atoms with E-state index in [9.17, 15) is 36.0 Å². The molecular weight excluding hydrogens is 405 g/mol. The second kappa shape index (κ2) is 6.27. The van der Waals surface area contributed by atoms with Crippen LogP contribution in [0.15, 0.2) is 30.3 Å². The maximum absolute atomic E-state index is 12.6. The molecule has 0 spiro atoms. The minimum Gasteiger partial charge on any atom is -0.315 e. The topological polar surface area (TPSA) is 101 Å². The van der Waals surface area contributed by atoms with E-state index in [0.29, 0.717) is 11.1 Å². The Hall–Kier alpha value is -2.99. The lowest BCUT2D eigenvalue weighted by atomic mass is 9.93. The fraction of sp³-hybridized carbons (Fsp3) is 0.188. The van der Waals surface area contributed by atoms with E-state index in [4.69, 9.17) is 0 Å². The van der Waals surface area contributed by atoms with Crippen LogP contribution in [0.1, 0.15) is 27.6 Å². The molecule has 0 fully saturated rings. The zero-order valence-electron chi connectivity index (χ0n) is 14.3. The van der Waals surface area contributed by atoms with E-state index in [-0.39, 0.29) is 22.4 Å². The Morgan fingerprint density at radius 1 is 1.07 bits per heavy atom. The van der Waals surface area contributed by atoms with Crippen molar-refractivity contribution in [1.82, 2.24) is 5.06 Å². The van der Waals surface area contributed by atoms with Crippen molar-refractivity contribution in [2.24, 2.45) is 0 Å². The van der Waals surface area contributed by atoms with Crippen LogP contribution in [0.2, 0.25) is 0 Å². The number of alkyl halides is 3. The van der Waals surface area contributed by atoms with E-state index >= 15 is 0 Å². The maximum Gasteiger partial charge on any atom is 0.525 e. The van der Waals surface area contributed by atoms with Gasteiger partial charge in [-0.15, -0.1) is 9.35 Å². The summed E-state index contributed by atoms with van der Waals surface area (Å²) < 4.78 is 64.0. The summed E-state index contributed by atoms with van der Waals surface area (Å²) in [4.78, 5) is 37.9. The van der Waals surface area contributed by atoms with Gasteiger partial charge < -0.3 is 4.90 Å². The van der Waals surface area contributed by atoms with Gasteiger partial charge in [-0.3, -0.25) is 14.4 Å². The normalized spacial score (nSPS) is 14.5. The van der Waals surface area contributed by atoms with Crippen LogP contribution in [-0.2, 0) is 19.2 Å². The molecule has 3 amide bonds. The van der Waals surface area contributed by atoms with Crippen LogP contribution in [0.4, 0.5) is 18.9 Å². The van der Waals surface area contributed by atoms with Gasteiger partial charge in [-0.2, -0.15) is 21.6 Å². The standard InChI is InChI=1S/C16H11F3N2O6S/c1-8(22)20(2)12-7-6-11-13-9(12)4-3-5-10(13)14(23)21(15(11)24)27-28(25,26)16(17,18)19/h3-7H,1-2H3. The van der Waals surface area contributed by atoms with Crippen molar-refractivity contribution in [2.45, 2.75) is 12.4 Å². The van der Waals surface area contributed by atoms with Crippen LogP contribution in [0, 0.1) is 0 Å². The van der Waals surface area contributed by atoms with E-state index in [0.717, 1.165) is 0 Å². The number of rotatable bonds is 3. The lowest BCUT2D eigenvalue weighted by Gasteiger charge is -2.27. The molecule has 12 heteroatoms. The fourth-order valence-corrected chi connectivity index (χ4v) is 3.15. The molecule has 2 aromatic carbocycles. The summed E-state index contributed by atoms with van der Waals surface area (Å²) in [5.41, 5.74) is -5.97. The van der Waals surface area contributed by atoms with Crippen molar-refractivity contribution in [1.29, 1.82) is 0 Å². The average molecular weight is 416 g/mol. The number of carbonyl (C=O) groups excluding carboxylic acids is 3. The Bertz CT molecular complexity index is 1120. The van der Waals surface area contributed by atoms with Crippen molar-refractivity contribution in [2.75, 3.05) is 11.9 Å². The largest absolute Gasteiger partial charge is 0.525 e. The molecule has 0 saturated heterocycles. The first-order chi connectivity index (χ1) is 12.9. The Labute approximate surface area is 156 Å². The van der Waals surface area contributed by atoms with E-state index < -0.39 is 32.5 Å². The minimum atomic E-state index is -6.24. The molecule has 0 saturated carbocycles. The van der Waals surface area contributed by atoms with Gasteiger partial charge in [0.15, 0.2) is 0 Å². The van der Waals surface area contributed by atoms with Crippen LogP contribution in [0.5, 0.6) is 0 Å². The summed E-state index contributed by atoms with van der Waals surface area (Å²) in [6, 6.07) is 6.62. The van der Waals surface area contributed by atoms with Crippen LogP contribution < -0.4 is 4.90 Å². The summed E-state index contributed by atoms with van der Waals surface area (Å²) >= 11 is 0. The summed E-state index contributed by atoms with van der Waals surface area (Å²) in [7, 11) is -4.77. The monoisotopic (exact) mass is 416 g/mol. The predicted octanol–water partition coefficient (Wildman–Crippen LogP) is 2.20. The van der Waals surface area contributed by atoms with Crippen LogP contribution in [0.25, 0.3) is 10.8 Å². The number of carbonyl (C=O) groups is 3. The van der Waals surface area contributed by atoms with Crippen molar-refractivity contribution in [3.8, 4) is 0 Å². The number of nitrogens with zero attached hydrogens (tertiary/aromatic N) is 2. The average Bonchev–Trinajstić information content (AvgIpc) is 2.61. The fourth-order valence-electron chi connectivity index (χ4n) is 2.73. The van der Waals surface area contributed by atoms with E-state index in [1.54, 1.807) is 0 Å². The quantitative estimate of drug-likeness (QED) is 0.562. The van der Waals surface area contributed by atoms with E-state index in [1.807, 2.05) is 0 Å². The molecule has 8 nitrogen and oxygen atoms in total. The van der Waals surface area contributed by atoms with Crippen molar-refractivity contribution in [3.63, 3.8) is 0 Å². The van der Waals surface area contributed by atoms with Gasteiger partial charge in [0, 0.05) is 24.7 Å². The third kappa shape index (κ3) is 2.90. The lowest BCUT2D eigenvalue weighted by molar-refractivity contribution is -0.116. The molecule has 1 aliphatic heterocycles. The molecule has 148 valence electrons. The molecule has 0 aromatic heterocycles. The van der Waals surface area contributed by atoms with Crippen LogP contribution >= 0.6 is 0 Å². The molecule has 0 aliphatic carbocycles. The summed E-state index contributed by atoms with van der Waals surface area (Å²) in [6.45, 7) is 1.29. The third-order valence-electron chi connectivity index (χ3n) is 4.14. The summed E-state index contributed by atoms with van der Waals surface area (Å²) in [5, 5.41) is -0.0473. The Kier molecular flexibility index (Phi) is 4.43. The second-order valence-corrected chi connectivity index (χ2v) is 7.34. The molecule has 0 bridgehead atoms. The lowest BCUT2D eigenvalue weighted by Crippen LogP contribution is -2.44. The number of hydrogen-bond acceptors (Lipinski definition) is 6. The van der Waals surface area contributed by atoms with Gasteiger partial charge in [0.1, 0.15) is 0 Å². The number of anilines is 1. The molecule has 0 radical (unpaired) electrons. The predicted molar refractivity (Wildman–Crippen MR) is 89.6 cm³/mol. The van der Waals surface area contributed by atoms with Crippen molar-refractivity contribution < 1.29 is 40.3 Å². The smallest absolute Gasteiger partial charge is 0.315 e. The Morgan fingerprint density at radius 2 is 1.64 bits per heavy atom. The second-order valence-electron chi connectivity index (χ2n) is 5.82. The number of imide groups is 1. The maximum atomic E-state index is 12.6. The summed E-state index contributed by atoms with van der Waals surface area (Å²) in [6.07, 6.45) is 0. The highest BCUT2D eigenvalue weighted by Gasteiger charge is 2.51.